The molecule has 1 nitrogen and oxygen atoms in total. The molecule has 2 aliphatic rings. The van der Waals surface area contributed by atoms with Crippen LogP contribution in [-0.2, 0) is 0 Å². The van der Waals surface area contributed by atoms with Gasteiger partial charge in [-0.2, -0.15) is 0 Å². The zero-order chi connectivity index (χ0) is 7.84. The fraction of sp³-hybridized carbons (Fsp3) is 0.400. The first-order chi connectivity index (χ1) is 5.29. The summed E-state index contributed by atoms with van der Waals surface area (Å²) in [5.41, 5.74) is 1.43. The number of fused-ring (bicyclic) bond motifs is 1. The SMILES string of the molecule is CC(C)N1C=CC2C=CC=C21. The number of hydrogen-bond donors (Lipinski definition) is 0. The standard InChI is InChI=1S/C10H13N/c1-8(2)11-7-6-9-4-3-5-10(9)11/h3-9H,1-2H3. The summed E-state index contributed by atoms with van der Waals surface area (Å²) < 4.78 is 0. The predicted octanol–water partition coefficient (Wildman–Crippen LogP) is 2.29. The van der Waals surface area contributed by atoms with E-state index >= 15 is 0 Å². The van der Waals surface area contributed by atoms with Gasteiger partial charge in [0.2, 0.25) is 0 Å². The summed E-state index contributed by atoms with van der Waals surface area (Å²) in [5.74, 6) is 0.567. The molecule has 1 aliphatic heterocycles. The van der Waals surface area contributed by atoms with Crippen LogP contribution < -0.4 is 0 Å². The highest BCUT2D eigenvalue weighted by molar-refractivity contribution is 5.36. The van der Waals surface area contributed by atoms with E-state index in [1.807, 2.05) is 0 Å². The average molecular weight is 147 g/mol. The molecular weight excluding hydrogens is 134 g/mol. The molecule has 0 aromatic heterocycles. The lowest BCUT2D eigenvalue weighted by molar-refractivity contribution is 0.387. The Kier molecular flexibility index (Phi) is 1.38. The fourth-order valence-corrected chi connectivity index (χ4v) is 1.65. The van der Waals surface area contributed by atoms with Crippen molar-refractivity contribution in [2.75, 3.05) is 0 Å². The van der Waals surface area contributed by atoms with Gasteiger partial charge >= 0.3 is 0 Å². The van der Waals surface area contributed by atoms with E-state index in [2.05, 4.69) is 49.3 Å². The summed E-state index contributed by atoms with van der Waals surface area (Å²) in [6.07, 6.45) is 11.0. The van der Waals surface area contributed by atoms with Crippen LogP contribution in [0.4, 0.5) is 0 Å². The predicted molar refractivity (Wildman–Crippen MR) is 46.8 cm³/mol. The van der Waals surface area contributed by atoms with Crippen LogP contribution in [0.1, 0.15) is 13.8 Å². The summed E-state index contributed by atoms with van der Waals surface area (Å²) in [7, 11) is 0. The maximum absolute atomic E-state index is 2.32. The smallest absolute Gasteiger partial charge is 0.0372 e. The lowest BCUT2D eigenvalue weighted by Gasteiger charge is -2.23. The Labute approximate surface area is 67.7 Å². The molecule has 1 unspecified atom stereocenters. The zero-order valence-corrected chi connectivity index (χ0v) is 6.99. The molecule has 0 spiro atoms. The van der Waals surface area contributed by atoms with Crippen LogP contribution in [0.5, 0.6) is 0 Å². The molecule has 0 N–H and O–H groups in total. The van der Waals surface area contributed by atoms with E-state index in [0.29, 0.717) is 12.0 Å². The third-order valence-corrected chi connectivity index (χ3v) is 2.24. The number of hydrogen-bond acceptors (Lipinski definition) is 1. The molecule has 0 saturated heterocycles. The van der Waals surface area contributed by atoms with Crippen LogP contribution in [0.25, 0.3) is 0 Å². The molecular formula is C10H13N. The third kappa shape index (κ3) is 0.917. The summed E-state index contributed by atoms with van der Waals surface area (Å²) in [5, 5.41) is 0. The molecule has 0 aromatic rings. The van der Waals surface area contributed by atoms with Crippen molar-refractivity contribution in [3.63, 3.8) is 0 Å². The molecule has 0 bridgehead atoms. The van der Waals surface area contributed by atoms with Crippen molar-refractivity contribution in [2.24, 2.45) is 5.92 Å². The molecule has 0 aromatic carbocycles. The first-order valence-electron chi connectivity index (χ1n) is 4.14. The minimum atomic E-state index is 0.567. The Hall–Kier alpha value is -0.980. The molecule has 1 heteroatoms. The highest BCUT2D eigenvalue weighted by Crippen LogP contribution is 2.31. The molecule has 0 radical (unpaired) electrons. The van der Waals surface area contributed by atoms with E-state index in [1.165, 1.54) is 5.70 Å². The van der Waals surface area contributed by atoms with E-state index < -0.39 is 0 Å². The highest BCUT2D eigenvalue weighted by atomic mass is 15.2. The second kappa shape index (κ2) is 2.26. The van der Waals surface area contributed by atoms with Crippen molar-refractivity contribution in [3.05, 3.63) is 36.2 Å². The van der Waals surface area contributed by atoms with Gasteiger partial charge in [-0.1, -0.05) is 18.2 Å². The van der Waals surface area contributed by atoms with Gasteiger partial charge in [-0.05, 0) is 19.9 Å². The van der Waals surface area contributed by atoms with Crippen LogP contribution >= 0.6 is 0 Å². The Morgan fingerprint density at radius 1 is 1.36 bits per heavy atom. The molecule has 0 fully saturated rings. The van der Waals surface area contributed by atoms with Gasteiger partial charge in [0.05, 0.1) is 0 Å². The topological polar surface area (TPSA) is 3.24 Å². The molecule has 0 saturated carbocycles. The second-order valence-corrected chi connectivity index (χ2v) is 3.34. The van der Waals surface area contributed by atoms with E-state index in [1.54, 1.807) is 0 Å². The van der Waals surface area contributed by atoms with Gasteiger partial charge < -0.3 is 4.90 Å². The molecule has 1 aliphatic carbocycles. The monoisotopic (exact) mass is 147 g/mol. The molecule has 1 atom stereocenters. The van der Waals surface area contributed by atoms with Crippen LogP contribution in [0, 0.1) is 5.92 Å². The Bertz CT molecular complexity index is 246. The van der Waals surface area contributed by atoms with Crippen LogP contribution in [0.15, 0.2) is 36.2 Å². The van der Waals surface area contributed by atoms with E-state index in [4.69, 9.17) is 0 Å². The van der Waals surface area contributed by atoms with E-state index in [0.717, 1.165) is 0 Å². The third-order valence-electron chi connectivity index (χ3n) is 2.24. The van der Waals surface area contributed by atoms with Gasteiger partial charge in [0, 0.05) is 23.9 Å². The second-order valence-electron chi connectivity index (χ2n) is 3.34. The summed E-state index contributed by atoms with van der Waals surface area (Å²) in [6, 6.07) is 0.586. The number of nitrogens with zero attached hydrogens (tertiary/aromatic N) is 1. The fourth-order valence-electron chi connectivity index (χ4n) is 1.65. The quantitative estimate of drug-likeness (QED) is 0.550. The minimum Gasteiger partial charge on any atom is -0.348 e. The maximum atomic E-state index is 2.32. The number of allylic oxidation sites excluding steroid dienone is 3. The molecule has 11 heavy (non-hydrogen) atoms. The van der Waals surface area contributed by atoms with Crippen LogP contribution in [0.2, 0.25) is 0 Å². The summed E-state index contributed by atoms with van der Waals surface area (Å²) in [6.45, 7) is 4.43. The van der Waals surface area contributed by atoms with Crippen molar-refractivity contribution < 1.29 is 0 Å². The van der Waals surface area contributed by atoms with Crippen molar-refractivity contribution in [1.29, 1.82) is 0 Å². The highest BCUT2D eigenvalue weighted by Gasteiger charge is 2.23. The van der Waals surface area contributed by atoms with E-state index in [-0.39, 0.29) is 0 Å². The molecule has 1 heterocycles. The van der Waals surface area contributed by atoms with Crippen LogP contribution in [-0.4, -0.2) is 10.9 Å². The van der Waals surface area contributed by atoms with Gasteiger partial charge in [0.1, 0.15) is 0 Å². The molecule has 2 rings (SSSR count). The average Bonchev–Trinajstić information content (AvgIpc) is 2.41. The van der Waals surface area contributed by atoms with E-state index in [9.17, 15) is 0 Å². The summed E-state index contributed by atoms with van der Waals surface area (Å²) >= 11 is 0. The first kappa shape index (κ1) is 6.71. The minimum absolute atomic E-state index is 0.567. The zero-order valence-electron chi connectivity index (χ0n) is 6.99. The first-order valence-corrected chi connectivity index (χ1v) is 4.14. The van der Waals surface area contributed by atoms with Crippen molar-refractivity contribution >= 4 is 0 Å². The van der Waals surface area contributed by atoms with Gasteiger partial charge in [-0.15, -0.1) is 0 Å². The van der Waals surface area contributed by atoms with Crippen molar-refractivity contribution in [3.8, 4) is 0 Å². The summed E-state index contributed by atoms with van der Waals surface area (Å²) in [4.78, 5) is 2.32. The van der Waals surface area contributed by atoms with Gasteiger partial charge in [0.15, 0.2) is 0 Å². The Balaban J connectivity index is 2.24. The van der Waals surface area contributed by atoms with Crippen molar-refractivity contribution in [1.82, 2.24) is 4.90 Å². The van der Waals surface area contributed by atoms with Gasteiger partial charge in [-0.3, -0.25) is 0 Å². The maximum Gasteiger partial charge on any atom is 0.0372 e. The normalized spacial score (nSPS) is 26.6. The molecule has 0 amide bonds. The van der Waals surface area contributed by atoms with Gasteiger partial charge in [-0.25, -0.2) is 0 Å². The Morgan fingerprint density at radius 2 is 2.18 bits per heavy atom. The van der Waals surface area contributed by atoms with Crippen LogP contribution in [0.3, 0.4) is 0 Å². The van der Waals surface area contributed by atoms with Gasteiger partial charge in [0.25, 0.3) is 0 Å². The lowest BCUT2D eigenvalue weighted by Crippen LogP contribution is -2.22. The molecule has 58 valence electrons. The van der Waals surface area contributed by atoms with Crippen molar-refractivity contribution in [2.45, 2.75) is 19.9 Å². The Morgan fingerprint density at radius 3 is 2.91 bits per heavy atom. The number of rotatable bonds is 1. The lowest BCUT2D eigenvalue weighted by atomic mass is 10.1. The largest absolute Gasteiger partial charge is 0.348 e.